The molecule has 2 heterocycles. The van der Waals surface area contributed by atoms with Gasteiger partial charge in [-0.25, -0.2) is 5.10 Å². The maximum Gasteiger partial charge on any atom is 0.275 e. The summed E-state index contributed by atoms with van der Waals surface area (Å²) in [6, 6.07) is 1.79. The first-order valence-electron chi connectivity index (χ1n) is 4.63. The van der Waals surface area contributed by atoms with Gasteiger partial charge in [-0.1, -0.05) is 13.8 Å². The average molecular weight is 192 g/mol. The normalized spacial score (nSPS) is 11.4. The molecule has 0 fully saturated rings. The van der Waals surface area contributed by atoms with Crippen LogP contribution >= 0.6 is 0 Å². The molecule has 0 aromatic carbocycles. The van der Waals surface area contributed by atoms with Crippen molar-refractivity contribution in [2.24, 2.45) is 5.92 Å². The largest absolute Gasteiger partial charge is 0.459 e. The van der Waals surface area contributed by atoms with Gasteiger partial charge in [0.05, 0.1) is 11.6 Å². The van der Waals surface area contributed by atoms with E-state index in [0.717, 1.165) is 12.2 Å². The van der Waals surface area contributed by atoms with E-state index in [-0.39, 0.29) is 5.56 Å². The van der Waals surface area contributed by atoms with E-state index in [2.05, 4.69) is 24.0 Å². The van der Waals surface area contributed by atoms with Gasteiger partial charge in [0.1, 0.15) is 5.76 Å². The number of fused-ring (bicyclic) bond motifs is 1. The molecule has 14 heavy (non-hydrogen) atoms. The van der Waals surface area contributed by atoms with Crippen molar-refractivity contribution in [3.8, 4) is 0 Å². The van der Waals surface area contributed by atoms with Gasteiger partial charge in [-0.15, -0.1) is 0 Å². The van der Waals surface area contributed by atoms with Crippen LogP contribution in [0.5, 0.6) is 0 Å². The van der Waals surface area contributed by atoms with Gasteiger partial charge >= 0.3 is 0 Å². The van der Waals surface area contributed by atoms with Crippen LogP contribution in [0, 0.1) is 5.92 Å². The molecule has 0 aliphatic heterocycles. The molecule has 0 aliphatic carbocycles. The third kappa shape index (κ3) is 1.55. The summed E-state index contributed by atoms with van der Waals surface area (Å²) in [5, 5.41) is 6.63. The fraction of sp³-hybridized carbons (Fsp3) is 0.400. The second-order valence-corrected chi connectivity index (χ2v) is 3.79. The van der Waals surface area contributed by atoms with Crippen LogP contribution in [0.3, 0.4) is 0 Å². The summed E-state index contributed by atoms with van der Waals surface area (Å²) < 4.78 is 5.48. The highest BCUT2D eigenvalue weighted by Gasteiger charge is 2.08. The monoisotopic (exact) mass is 192 g/mol. The lowest BCUT2D eigenvalue weighted by Gasteiger charge is -1.98. The van der Waals surface area contributed by atoms with Crippen molar-refractivity contribution in [3.63, 3.8) is 0 Å². The number of rotatable bonds is 2. The van der Waals surface area contributed by atoms with Crippen molar-refractivity contribution in [1.82, 2.24) is 10.2 Å². The van der Waals surface area contributed by atoms with E-state index in [0.29, 0.717) is 16.9 Å². The van der Waals surface area contributed by atoms with Gasteiger partial charge in [0.2, 0.25) is 0 Å². The number of hydrogen-bond donors (Lipinski definition) is 1. The molecule has 0 radical (unpaired) electrons. The van der Waals surface area contributed by atoms with E-state index in [1.807, 2.05) is 0 Å². The van der Waals surface area contributed by atoms with Crippen LogP contribution < -0.4 is 5.56 Å². The molecule has 0 bridgehead atoms. The van der Waals surface area contributed by atoms with Crippen molar-refractivity contribution < 1.29 is 4.42 Å². The maximum absolute atomic E-state index is 11.3. The highest BCUT2D eigenvalue weighted by atomic mass is 16.3. The zero-order valence-electron chi connectivity index (χ0n) is 8.20. The zero-order chi connectivity index (χ0) is 10.1. The third-order valence-corrected chi connectivity index (χ3v) is 2.01. The molecule has 2 aromatic rings. The SMILES string of the molecule is CC(C)Cc1cc2c(=O)[nH]ncc2o1. The van der Waals surface area contributed by atoms with E-state index >= 15 is 0 Å². The Hall–Kier alpha value is -1.58. The summed E-state index contributed by atoms with van der Waals surface area (Å²) in [4.78, 5) is 11.3. The lowest BCUT2D eigenvalue weighted by molar-refractivity contribution is 0.499. The smallest absolute Gasteiger partial charge is 0.275 e. The van der Waals surface area contributed by atoms with E-state index in [9.17, 15) is 4.79 Å². The predicted molar refractivity (Wildman–Crippen MR) is 53.2 cm³/mol. The highest BCUT2D eigenvalue weighted by Crippen LogP contribution is 2.17. The van der Waals surface area contributed by atoms with E-state index in [1.54, 1.807) is 6.07 Å². The van der Waals surface area contributed by atoms with Crippen molar-refractivity contribution >= 4 is 11.0 Å². The fourth-order valence-electron chi connectivity index (χ4n) is 1.44. The lowest BCUT2D eigenvalue weighted by atomic mass is 10.1. The summed E-state index contributed by atoms with van der Waals surface area (Å²) in [5.74, 6) is 1.36. The van der Waals surface area contributed by atoms with Crippen LogP contribution in [0.15, 0.2) is 21.5 Å². The van der Waals surface area contributed by atoms with E-state index in [4.69, 9.17) is 4.42 Å². The molecular weight excluding hydrogens is 180 g/mol. The molecule has 0 spiro atoms. The molecule has 0 amide bonds. The summed E-state index contributed by atoms with van der Waals surface area (Å²) in [5.41, 5.74) is 0.366. The Bertz CT molecular complexity index is 496. The molecule has 2 rings (SSSR count). The minimum absolute atomic E-state index is 0.193. The molecule has 4 nitrogen and oxygen atoms in total. The van der Waals surface area contributed by atoms with Crippen molar-refractivity contribution in [1.29, 1.82) is 0 Å². The summed E-state index contributed by atoms with van der Waals surface area (Å²) in [7, 11) is 0. The highest BCUT2D eigenvalue weighted by molar-refractivity contribution is 5.75. The van der Waals surface area contributed by atoms with E-state index < -0.39 is 0 Å². The number of furan rings is 1. The molecule has 1 N–H and O–H groups in total. The Morgan fingerprint density at radius 1 is 1.57 bits per heavy atom. The Labute approximate surface area is 80.9 Å². The van der Waals surface area contributed by atoms with Crippen LogP contribution in [0.1, 0.15) is 19.6 Å². The van der Waals surface area contributed by atoms with Gasteiger partial charge in [0.25, 0.3) is 5.56 Å². The van der Waals surface area contributed by atoms with Gasteiger partial charge < -0.3 is 4.42 Å². The van der Waals surface area contributed by atoms with Gasteiger partial charge in [-0.3, -0.25) is 4.79 Å². The van der Waals surface area contributed by atoms with Crippen molar-refractivity contribution in [3.05, 3.63) is 28.4 Å². The maximum atomic E-state index is 11.3. The van der Waals surface area contributed by atoms with Crippen molar-refractivity contribution in [2.75, 3.05) is 0 Å². The molecule has 0 aliphatic rings. The third-order valence-electron chi connectivity index (χ3n) is 2.01. The van der Waals surface area contributed by atoms with Gasteiger partial charge in [-0.2, -0.15) is 5.10 Å². The first-order chi connectivity index (χ1) is 6.66. The topological polar surface area (TPSA) is 58.9 Å². The zero-order valence-corrected chi connectivity index (χ0v) is 8.20. The Morgan fingerprint density at radius 2 is 2.36 bits per heavy atom. The minimum atomic E-state index is -0.193. The number of hydrogen-bond acceptors (Lipinski definition) is 3. The van der Waals surface area contributed by atoms with Gasteiger partial charge in [0.15, 0.2) is 5.58 Å². The van der Waals surface area contributed by atoms with Crippen LogP contribution in [0.2, 0.25) is 0 Å². The number of nitrogens with one attached hydrogen (secondary N) is 1. The Morgan fingerprint density at radius 3 is 3.00 bits per heavy atom. The number of aromatic nitrogens is 2. The second kappa shape index (κ2) is 3.29. The van der Waals surface area contributed by atoms with Gasteiger partial charge in [-0.05, 0) is 12.0 Å². The first kappa shape index (κ1) is 8.99. The average Bonchev–Trinajstić information content (AvgIpc) is 2.47. The Balaban J connectivity index is 2.52. The van der Waals surface area contributed by atoms with Crippen LogP contribution in [-0.2, 0) is 6.42 Å². The predicted octanol–water partition coefficient (Wildman–Crippen LogP) is 1.71. The molecule has 0 unspecified atom stereocenters. The summed E-state index contributed by atoms with van der Waals surface area (Å²) in [6.45, 7) is 4.21. The molecular formula is C10H12N2O2. The van der Waals surface area contributed by atoms with Gasteiger partial charge in [0, 0.05) is 6.42 Å². The molecule has 74 valence electrons. The van der Waals surface area contributed by atoms with Crippen LogP contribution in [-0.4, -0.2) is 10.2 Å². The molecule has 0 saturated heterocycles. The number of H-pyrrole nitrogens is 1. The molecule has 2 aromatic heterocycles. The standard InChI is InChI=1S/C10H12N2O2/c1-6(2)3-7-4-8-9(14-7)5-11-12-10(8)13/h4-6H,3H2,1-2H3,(H,12,13). The molecule has 4 heteroatoms. The first-order valence-corrected chi connectivity index (χ1v) is 4.63. The fourth-order valence-corrected chi connectivity index (χ4v) is 1.44. The quantitative estimate of drug-likeness (QED) is 0.788. The lowest BCUT2D eigenvalue weighted by Crippen LogP contribution is -2.05. The molecule has 0 saturated carbocycles. The second-order valence-electron chi connectivity index (χ2n) is 3.79. The number of aromatic amines is 1. The van der Waals surface area contributed by atoms with Crippen LogP contribution in [0.4, 0.5) is 0 Å². The summed E-state index contributed by atoms with van der Waals surface area (Å²) >= 11 is 0. The van der Waals surface area contributed by atoms with E-state index in [1.165, 1.54) is 6.20 Å². The summed E-state index contributed by atoms with van der Waals surface area (Å²) in [6.07, 6.45) is 2.37. The minimum Gasteiger partial charge on any atom is -0.459 e. The van der Waals surface area contributed by atoms with Crippen LogP contribution in [0.25, 0.3) is 11.0 Å². The molecule has 0 atom stereocenters. The van der Waals surface area contributed by atoms with Crippen molar-refractivity contribution in [2.45, 2.75) is 20.3 Å². The Kier molecular flexibility index (Phi) is 2.11. The number of nitrogens with zero attached hydrogens (tertiary/aromatic N) is 1.